The molecule has 5 nitrogen and oxygen atoms in total. The third-order valence-corrected chi connectivity index (χ3v) is 3.25. The van der Waals surface area contributed by atoms with E-state index in [4.69, 9.17) is 14.7 Å². The number of hydrogen-bond acceptors (Lipinski definition) is 4. The average Bonchev–Trinajstić information content (AvgIpc) is 2.56. The molecule has 112 valence electrons. The van der Waals surface area contributed by atoms with E-state index >= 15 is 0 Å². The predicted octanol–water partition coefficient (Wildman–Crippen LogP) is 3.14. The Kier molecular flexibility index (Phi) is 4.64. The number of carbonyl (C=O) groups is 1. The molecule has 1 N–H and O–H groups in total. The van der Waals surface area contributed by atoms with Crippen LogP contribution in [-0.2, 0) is 0 Å². The largest absolute Gasteiger partial charge is 0.493 e. The van der Waals surface area contributed by atoms with E-state index < -0.39 is 0 Å². The van der Waals surface area contributed by atoms with Crippen molar-refractivity contribution in [3.8, 4) is 17.6 Å². The second kappa shape index (κ2) is 6.64. The van der Waals surface area contributed by atoms with E-state index in [9.17, 15) is 4.79 Å². The number of benzene rings is 2. The van der Waals surface area contributed by atoms with Crippen LogP contribution >= 0.6 is 0 Å². The number of rotatable bonds is 4. The molecule has 0 aliphatic rings. The quantitative estimate of drug-likeness (QED) is 0.941. The van der Waals surface area contributed by atoms with E-state index in [-0.39, 0.29) is 5.91 Å². The summed E-state index contributed by atoms with van der Waals surface area (Å²) in [6.45, 7) is 1.87. The van der Waals surface area contributed by atoms with Gasteiger partial charge in [0.2, 0.25) is 0 Å². The summed E-state index contributed by atoms with van der Waals surface area (Å²) in [6, 6.07) is 12.0. The highest BCUT2D eigenvalue weighted by atomic mass is 16.5. The molecular weight excluding hydrogens is 280 g/mol. The van der Waals surface area contributed by atoms with Crippen molar-refractivity contribution in [1.29, 1.82) is 5.26 Å². The molecule has 0 saturated carbocycles. The highest BCUT2D eigenvalue weighted by molar-refractivity contribution is 6.04. The van der Waals surface area contributed by atoms with Crippen LogP contribution in [-0.4, -0.2) is 20.1 Å². The third-order valence-electron chi connectivity index (χ3n) is 3.25. The molecule has 0 aromatic heterocycles. The number of nitrogens with zero attached hydrogens (tertiary/aromatic N) is 1. The van der Waals surface area contributed by atoms with Crippen LogP contribution in [0.5, 0.6) is 11.5 Å². The molecule has 0 saturated heterocycles. The molecule has 0 bridgehead atoms. The minimum atomic E-state index is -0.250. The lowest BCUT2D eigenvalue weighted by molar-refractivity contribution is 0.102. The maximum atomic E-state index is 12.3. The first-order valence-corrected chi connectivity index (χ1v) is 6.63. The highest BCUT2D eigenvalue weighted by Crippen LogP contribution is 2.33. The zero-order valence-electron chi connectivity index (χ0n) is 12.6. The Morgan fingerprint density at radius 1 is 1.09 bits per heavy atom. The van der Waals surface area contributed by atoms with Crippen LogP contribution in [0.3, 0.4) is 0 Å². The number of amides is 1. The normalized spacial score (nSPS) is 9.73. The summed E-state index contributed by atoms with van der Waals surface area (Å²) in [4.78, 5) is 12.3. The molecule has 2 rings (SSSR count). The summed E-state index contributed by atoms with van der Waals surface area (Å²) in [7, 11) is 3.10. The van der Waals surface area contributed by atoms with E-state index in [1.54, 1.807) is 50.6 Å². The van der Waals surface area contributed by atoms with Crippen molar-refractivity contribution in [2.45, 2.75) is 6.92 Å². The number of aryl methyl sites for hydroxylation is 1. The molecule has 5 heteroatoms. The van der Waals surface area contributed by atoms with Crippen molar-refractivity contribution in [2.75, 3.05) is 19.5 Å². The summed E-state index contributed by atoms with van der Waals surface area (Å²) in [5.74, 6) is 0.902. The molecule has 0 radical (unpaired) electrons. The van der Waals surface area contributed by atoms with E-state index in [1.807, 2.05) is 13.0 Å². The van der Waals surface area contributed by atoms with Gasteiger partial charge in [-0.25, -0.2) is 0 Å². The lowest BCUT2D eigenvalue weighted by Crippen LogP contribution is -2.13. The van der Waals surface area contributed by atoms with Crippen molar-refractivity contribution in [1.82, 2.24) is 0 Å². The highest BCUT2D eigenvalue weighted by Gasteiger charge is 2.12. The second-order valence-electron chi connectivity index (χ2n) is 4.67. The smallest absolute Gasteiger partial charge is 0.255 e. The van der Waals surface area contributed by atoms with Crippen LogP contribution in [0.25, 0.3) is 0 Å². The molecular formula is C17H16N2O3. The van der Waals surface area contributed by atoms with Crippen molar-refractivity contribution in [2.24, 2.45) is 0 Å². The Morgan fingerprint density at radius 3 is 2.23 bits per heavy atom. The van der Waals surface area contributed by atoms with Crippen LogP contribution in [0.2, 0.25) is 0 Å². The summed E-state index contributed by atoms with van der Waals surface area (Å²) in [5, 5.41) is 11.6. The maximum absolute atomic E-state index is 12.3. The van der Waals surface area contributed by atoms with Crippen molar-refractivity contribution in [3.63, 3.8) is 0 Å². The molecule has 0 fully saturated rings. The van der Waals surface area contributed by atoms with Gasteiger partial charge in [0.25, 0.3) is 5.91 Å². The van der Waals surface area contributed by atoms with Crippen molar-refractivity contribution >= 4 is 11.6 Å². The molecule has 0 aliphatic heterocycles. The van der Waals surface area contributed by atoms with Crippen LogP contribution < -0.4 is 14.8 Å². The fraction of sp³-hybridized carbons (Fsp3) is 0.176. The first-order chi connectivity index (χ1) is 10.6. The summed E-state index contributed by atoms with van der Waals surface area (Å²) in [6.07, 6.45) is 0. The standard InChI is InChI=1S/C17H16N2O3/c1-11-8-15(21-2)16(22-3)9-14(11)19-17(20)13-6-4-12(10-18)5-7-13/h4-9H,1-3H3,(H,19,20). The predicted molar refractivity (Wildman–Crippen MR) is 83.4 cm³/mol. The third kappa shape index (κ3) is 3.18. The molecule has 0 spiro atoms. The Balaban J connectivity index is 2.26. The maximum Gasteiger partial charge on any atom is 0.255 e. The number of ether oxygens (including phenoxy) is 2. The molecule has 0 unspecified atom stereocenters. The lowest BCUT2D eigenvalue weighted by atomic mass is 10.1. The second-order valence-corrected chi connectivity index (χ2v) is 4.67. The van der Waals surface area contributed by atoms with E-state index in [0.29, 0.717) is 28.3 Å². The summed E-state index contributed by atoms with van der Waals surface area (Å²) in [5.41, 5.74) is 2.50. The fourth-order valence-electron chi connectivity index (χ4n) is 2.01. The molecule has 0 atom stereocenters. The fourth-order valence-corrected chi connectivity index (χ4v) is 2.01. The summed E-state index contributed by atoms with van der Waals surface area (Å²) >= 11 is 0. The van der Waals surface area contributed by atoms with Crippen molar-refractivity contribution in [3.05, 3.63) is 53.1 Å². The van der Waals surface area contributed by atoms with Crippen LogP contribution in [0.15, 0.2) is 36.4 Å². The SMILES string of the molecule is COc1cc(C)c(NC(=O)c2ccc(C#N)cc2)cc1OC. The van der Waals surface area contributed by atoms with Gasteiger partial charge in [0, 0.05) is 17.3 Å². The first kappa shape index (κ1) is 15.4. The van der Waals surface area contributed by atoms with Gasteiger partial charge in [0.15, 0.2) is 11.5 Å². The molecule has 1 amide bonds. The Hall–Kier alpha value is -3.00. The molecule has 0 heterocycles. The number of methoxy groups -OCH3 is 2. The van der Waals surface area contributed by atoms with Gasteiger partial charge in [-0.3, -0.25) is 4.79 Å². The zero-order valence-corrected chi connectivity index (χ0v) is 12.6. The number of anilines is 1. The minimum Gasteiger partial charge on any atom is -0.493 e. The Morgan fingerprint density at radius 2 is 1.68 bits per heavy atom. The van der Waals surface area contributed by atoms with E-state index in [1.165, 1.54) is 0 Å². The van der Waals surface area contributed by atoms with E-state index in [2.05, 4.69) is 5.32 Å². The van der Waals surface area contributed by atoms with Gasteiger partial charge in [-0.15, -0.1) is 0 Å². The van der Waals surface area contributed by atoms with Gasteiger partial charge in [-0.2, -0.15) is 5.26 Å². The number of nitrogens with one attached hydrogen (secondary N) is 1. The van der Waals surface area contributed by atoms with Gasteiger partial charge < -0.3 is 14.8 Å². The monoisotopic (exact) mass is 296 g/mol. The van der Waals surface area contributed by atoms with Gasteiger partial charge >= 0.3 is 0 Å². The topological polar surface area (TPSA) is 71.3 Å². The molecule has 2 aromatic carbocycles. The van der Waals surface area contributed by atoms with E-state index in [0.717, 1.165) is 5.56 Å². The minimum absolute atomic E-state index is 0.250. The van der Waals surface area contributed by atoms with Gasteiger partial charge in [0.05, 0.1) is 25.9 Å². The first-order valence-electron chi connectivity index (χ1n) is 6.63. The van der Waals surface area contributed by atoms with Crippen LogP contribution in [0.4, 0.5) is 5.69 Å². The lowest BCUT2D eigenvalue weighted by Gasteiger charge is -2.13. The average molecular weight is 296 g/mol. The number of hydrogen-bond donors (Lipinski definition) is 1. The van der Waals surface area contributed by atoms with Gasteiger partial charge in [-0.1, -0.05) is 0 Å². The molecule has 2 aromatic rings. The zero-order chi connectivity index (χ0) is 16.1. The van der Waals surface area contributed by atoms with Crippen LogP contribution in [0, 0.1) is 18.3 Å². The number of carbonyl (C=O) groups excluding carboxylic acids is 1. The summed E-state index contributed by atoms with van der Waals surface area (Å²) < 4.78 is 10.5. The number of nitriles is 1. The molecule has 22 heavy (non-hydrogen) atoms. The van der Waals surface area contributed by atoms with Gasteiger partial charge in [-0.05, 0) is 42.8 Å². The van der Waals surface area contributed by atoms with Crippen LogP contribution in [0.1, 0.15) is 21.5 Å². The van der Waals surface area contributed by atoms with Gasteiger partial charge in [0.1, 0.15) is 0 Å². The Bertz CT molecular complexity index is 731. The van der Waals surface area contributed by atoms with Crippen molar-refractivity contribution < 1.29 is 14.3 Å². The Labute approximate surface area is 129 Å². The molecule has 0 aliphatic carbocycles.